The van der Waals surface area contributed by atoms with Crippen LogP contribution in [0.4, 0.5) is 13.6 Å². The number of fused-ring (bicyclic) bond motifs is 1. The van der Waals surface area contributed by atoms with Crippen LogP contribution >= 0.6 is 0 Å². The van der Waals surface area contributed by atoms with Crippen molar-refractivity contribution in [1.29, 1.82) is 0 Å². The van der Waals surface area contributed by atoms with Crippen LogP contribution in [0, 0.1) is 11.8 Å². The average molecular weight is 275 g/mol. The molecule has 2 aliphatic carbocycles. The highest BCUT2D eigenvalue weighted by atomic mass is 19.3. The van der Waals surface area contributed by atoms with Gasteiger partial charge in [0, 0.05) is 24.7 Å². The summed E-state index contributed by atoms with van der Waals surface area (Å²) in [5.41, 5.74) is 0. The van der Waals surface area contributed by atoms with Crippen LogP contribution in [0.25, 0.3) is 0 Å². The zero-order valence-corrected chi connectivity index (χ0v) is 9.80. The molecule has 0 aromatic rings. The Morgan fingerprint density at radius 2 is 1.68 bits per heavy atom. The zero-order chi connectivity index (χ0) is 13.8. The molecule has 104 valence electrons. The van der Waals surface area contributed by atoms with Gasteiger partial charge in [-0.1, -0.05) is 5.06 Å². The number of alkyl halides is 2. The third-order valence-electron chi connectivity index (χ3n) is 3.83. The molecule has 0 aromatic heterocycles. The van der Waals surface area contributed by atoms with Crippen LogP contribution in [0.5, 0.6) is 0 Å². The minimum absolute atomic E-state index is 0.00802. The fourth-order valence-electron chi connectivity index (χ4n) is 2.75. The fourth-order valence-corrected chi connectivity index (χ4v) is 2.75. The Bertz CT molecular complexity index is 436. The van der Waals surface area contributed by atoms with E-state index < -0.39 is 41.8 Å². The van der Waals surface area contributed by atoms with E-state index in [-0.39, 0.29) is 25.7 Å². The second kappa shape index (κ2) is 3.88. The number of hydrogen-bond donors (Lipinski definition) is 0. The van der Waals surface area contributed by atoms with Crippen LogP contribution in [-0.4, -0.2) is 35.1 Å². The van der Waals surface area contributed by atoms with E-state index in [1.165, 1.54) is 0 Å². The first kappa shape index (κ1) is 12.3. The lowest BCUT2D eigenvalue weighted by atomic mass is 10.2. The summed E-state index contributed by atoms with van der Waals surface area (Å²) >= 11 is 0. The number of halogens is 2. The van der Waals surface area contributed by atoms with E-state index in [1.54, 1.807) is 0 Å². The van der Waals surface area contributed by atoms with Crippen LogP contribution in [0.3, 0.4) is 0 Å². The van der Waals surface area contributed by atoms with Gasteiger partial charge in [0.2, 0.25) is 0 Å². The molecule has 0 aromatic carbocycles. The smallest absolute Gasteiger partial charge is 0.429 e. The van der Waals surface area contributed by atoms with Crippen LogP contribution in [0.1, 0.15) is 25.7 Å². The molecule has 1 heterocycles. The number of hydroxylamine groups is 2. The number of nitrogens with zero attached hydrogens (tertiary/aromatic N) is 1. The number of hydrogen-bond acceptors (Lipinski definition) is 5. The van der Waals surface area contributed by atoms with Crippen molar-refractivity contribution in [2.45, 2.75) is 37.7 Å². The third kappa shape index (κ3) is 1.95. The topological polar surface area (TPSA) is 72.9 Å². The van der Waals surface area contributed by atoms with Gasteiger partial charge >= 0.3 is 6.16 Å². The van der Waals surface area contributed by atoms with Gasteiger partial charge in [0.25, 0.3) is 17.7 Å². The van der Waals surface area contributed by atoms with Crippen LogP contribution in [0.15, 0.2) is 0 Å². The van der Waals surface area contributed by atoms with E-state index in [0.29, 0.717) is 5.06 Å². The molecule has 1 unspecified atom stereocenters. The maximum absolute atomic E-state index is 12.9. The number of ether oxygens (including phenoxy) is 1. The first-order chi connectivity index (χ1) is 8.89. The molecule has 8 heteroatoms. The van der Waals surface area contributed by atoms with Crippen LogP contribution in [0.2, 0.25) is 0 Å². The summed E-state index contributed by atoms with van der Waals surface area (Å²) < 4.78 is 30.6. The van der Waals surface area contributed by atoms with Gasteiger partial charge in [-0.25, -0.2) is 13.6 Å². The molecule has 0 spiro atoms. The summed E-state index contributed by atoms with van der Waals surface area (Å²) in [6.07, 6.45) is -1.66. The van der Waals surface area contributed by atoms with Crippen molar-refractivity contribution in [2.75, 3.05) is 0 Å². The highest BCUT2D eigenvalue weighted by Crippen LogP contribution is 2.64. The van der Waals surface area contributed by atoms with Crippen molar-refractivity contribution in [2.24, 2.45) is 11.8 Å². The molecule has 3 atom stereocenters. The second-order valence-electron chi connectivity index (χ2n) is 5.02. The van der Waals surface area contributed by atoms with Crippen LogP contribution in [-0.2, 0) is 19.2 Å². The van der Waals surface area contributed by atoms with E-state index in [0.717, 1.165) is 0 Å². The lowest BCUT2D eigenvalue weighted by Gasteiger charge is -2.17. The fraction of sp³-hybridized carbons (Fsp3) is 0.727. The van der Waals surface area contributed by atoms with Gasteiger partial charge in [0.05, 0.1) is 0 Å². The minimum Gasteiger partial charge on any atom is -0.429 e. The van der Waals surface area contributed by atoms with Gasteiger partial charge in [0.15, 0.2) is 0 Å². The molecule has 2 amide bonds. The molecule has 1 aliphatic heterocycles. The Labute approximate surface area is 106 Å². The summed E-state index contributed by atoms with van der Waals surface area (Å²) in [4.78, 5) is 38.2. The molecular formula is C11H11F2NO5. The maximum Gasteiger partial charge on any atom is 0.534 e. The number of carbonyl (C=O) groups excluding carboxylic acids is 3. The lowest BCUT2D eigenvalue weighted by Crippen LogP contribution is -2.33. The zero-order valence-electron chi connectivity index (χ0n) is 9.80. The molecule has 0 radical (unpaired) electrons. The summed E-state index contributed by atoms with van der Waals surface area (Å²) in [5, 5.41) is 0.368. The van der Waals surface area contributed by atoms with Gasteiger partial charge < -0.3 is 4.74 Å². The third-order valence-corrected chi connectivity index (χ3v) is 3.83. The summed E-state index contributed by atoms with van der Waals surface area (Å²) in [7, 11) is 0. The average Bonchev–Trinajstić information content (AvgIpc) is 2.74. The molecule has 1 saturated heterocycles. The van der Waals surface area contributed by atoms with Crippen molar-refractivity contribution >= 4 is 18.0 Å². The van der Waals surface area contributed by atoms with E-state index in [1.807, 2.05) is 0 Å². The maximum atomic E-state index is 12.9. The van der Waals surface area contributed by atoms with E-state index in [2.05, 4.69) is 4.84 Å². The largest absolute Gasteiger partial charge is 0.534 e. The molecular weight excluding hydrogens is 264 g/mol. The van der Waals surface area contributed by atoms with Crippen molar-refractivity contribution < 1.29 is 32.7 Å². The van der Waals surface area contributed by atoms with Gasteiger partial charge in [-0.05, 0) is 12.8 Å². The van der Waals surface area contributed by atoms with E-state index in [9.17, 15) is 23.2 Å². The first-order valence-corrected chi connectivity index (χ1v) is 6.01. The molecule has 6 nitrogen and oxygen atoms in total. The molecule has 19 heavy (non-hydrogen) atoms. The second-order valence-corrected chi connectivity index (χ2v) is 5.02. The lowest BCUT2D eigenvalue weighted by molar-refractivity contribution is -0.178. The van der Waals surface area contributed by atoms with Gasteiger partial charge in [-0.3, -0.25) is 14.4 Å². The van der Waals surface area contributed by atoms with Gasteiger partial charge in [-0.15, -0.1) is 0 Å². The Balaban J connectivity index is 1.48. The van der Waals surface area contributed by atoms with Crippen LogP contribution < -0.4 is 0 Å². The molecule has 3 fully saturated rings. The highest BCUT2D eigenvalue weighted by Gasteiger charge is 2.72. The Morgan fingerprint density at radius 3 is 2.21 bits per heavy atom. The first-order valence-electron chi connectivity index (χ1n) is 6.01. The Kier molecular flexibility index (Phi) is 2.51. The summed E-state index contributed by atoms with van der Waals surface area (Å²) in [6, 6.07) is 0. The number of amides is 2. The predicted molar refractivity (Wildman–Crippen MR) is 53.6 cm³/mol. The quantitative estimate of drug-likeness (QED) is 0.560. The van der Waals surface area contributed by atoms with Gasteiger partial charge in [0.1, 0.15) is 6.10 Å². The molecule has 2 saturated carbocycles. The SMILES string of the molecule is O=C(OC1C[C@@H]2[C@H](C1)C2(F)F)ON1C(=O)CCC1=O. The molecule has 0 N–H and O–H groups in total. The van der Waals surface area contributed by atoms with E-state index >= 15 is 0 Å². The summed E-state index contributed by atoms with van der Waals surface area (Å²) in [6.45, 7) is 0. The molecule has 3 aliphatic rings. The van der Waals surface area contributed by atoms with Crippen molar-refractivity contribution in [3.63, 3.8) is 0 Å². The Morgan fingerprint density at radius 1 is 1.16 bits per heavy atom. The number of imide groups is 1. The van der Waals surface area contributed by atoms with E-state index in [4.69, 9.17) is 4.74 Å². The summed E-state index contributed by atoms with van der Waals surface area (Å²) in [5.74, 6) is -5.30. The van der Waals surface area contributed by atoms with Crippen molar-refractivity contribution in [3.05, 3.63) is 0 Å². The van der Waals surface area contributed by atoms with Gasteiger partial charge in [-0.2, -0.15) is 0 Å². The predicted octanol–water partition coefficient (Wildman–Crippen LogP) is 1.25. The van der Waals surface area contributed by atoms with Crippen molar-refractivity contribution in [1.82, 2.24) is 5.06 Å². The molecule has 0 bridgehead atoms. The Hall–Kier alpha value is -1.73. The number of rotatable bonds is 2. The standard InChI is InChI=1S/C11H11F2NO5/c12-11(13)6-3-5(4-7(6)11)18-10(17)19-14-8(15)1-2-9(14)16/h5-7H,1-4H2/t5?,6-,7+. The molecule has 3 rings (SSSR count). The minimum atomic E-state index is -2.63. The monoisotopic (exact) mass is 275 g/mol. The highest BCUT2D eigenvalue weighted by molar-refractivity contribution is 6.01. The normalized spacial score (nSPS) is 35.3. The number of carbonyl (C=O) groups is 3. The van der Waals surface area contributed by atoms with Crippen molar-refractivity contribution in [3.8, 4) is 0 Å².